The number of carbonyl (C=O) groups is 2. The first-order valence-electron chi connectivity index (χ1n) is 9.50. The Bertz CT molecular complexity index is 1040. The monoisotopic (exact) mass is 441 g/mol. The number of benzene rings is 3. The van der Waals surface area contributed by atoms with Crippen molar-refractivity contribution >= 4 is 40.8 Å². The van der Waals surface area contributed by atoms with Gasteiger partial charge in [0.1, 0.15) is 0 Å². The molecule has 0 aliphatic heterocycles. The molecule has 0 atom stereocenters. The average Bonchev–Trinajstić information content (AvgIpc) is 2.74. The van der Waals surface area contributed by atoms with Crippen LogP contribution < -0.4 is 4.90 Å². The van der Waals surface area contributed by atoms with E-state index < -0.39 is 5.97 Å². The maximum absolute atomic E-state index is 13.5. The van der Waals surface area contributed by atoms with Crippen LogP contribution in [0.4, 0.5) is 5.69 Å². The highest BCUT2D eigenvalue weighted by molar-refractivity contribution is 6.36. The van der Waals surface area contributed by atoms with Gasteiger partial charge in [0, 0.05) is 26.9 Å². The van der Waals surface area contributed by atoms with Crippen LogP contribution in [0.2, 0.25) is 10.0 Å². The molecule has 0 aliphatic carbocycles. The van der Waals surface area contributed by atoms with E-state index >= 15 is 0 Å². The van der Waals surface area contributed by atoms with E-state index in [0.717, 1.165) is 5.56 Å². The summed E-state index contributed by atoms with van der Waals surface area (Å²) in [5.41, 5.74) is 3.13. The fourth-order valence-electron chi connectivity index (χ4n) is 3.07. The van der Waals surface area contributed by atoms with Crippen molar-refractivity contribution in [2.75, 3.05) is 11.5 Å². The van der Waals surface area contributed by atoms with Crippen molar-refractivity contribution in [3.05, 3.63) is 99.0 Å². The summed E-state index contributed by atoms with van der Waals surface area (Å²) in [5.74, 6) is -0.594. The van der Waals surface area contributed by atoms with Gasteiger partial charge in [0.05, 0.1) is 18.7 Å². The van der Waals surface area contributed by atoms with Crippen LogP contribution in [-0.4, -0.2) is 18.5 Å². The minimum absolute atomic E-state index is 0.185. The maximum Gasteiger partial charge on any atom is 0.338 e. The third-order valence-electron chi connectivity index (χ3n) is 4.69. The van der Waals surface area contributed by atoms with Crippen LogP contribution in [0.15, 0.2) is 66.7 Å². The van der Waals surface area contributed by atoms with Crippen molar-refractivity contribution in [1.82, 2.24) is 0 Å². The van der Waals surface area contributed by atoms with Gasteiger partial charge in [0.15, 0.2) is 0 Å². The lowest BCUT2D eigenvalue weighted by molar-refractivity contribution is 0.0526. The number of ether oxygens (including phenoxy) is 1. The highest BCUT2D eigenvalue weighted by Crippen LogP contribution is 2.29. The molecule has 154 valence electrons. The second kappa shape index (κ2) is 9.79. The molecule has 3 aromatic rings. The molecule has 0 fully saturated rings. The second-order valence-electron chi connectivity index (χ2n) is 6.67. The summed E-state index contributed by atoms with van der Waals surface area (Å²) in [7, 11) is 0. The second-order valence-corrected chi connectivity index (χ2v) is 7.49. The molecule has 0 aliphatic rings. The van der Waals surface area contributed by atoms with Gasteiger partial charge in [-0.3, -0.25) is 4.79 Å². The number of amides is 1. The fourth-order valence-corrected chi connectivity index (χ4v) is 3.59. The third kappa shape index (κ3) is 4.84. The van der Waals surface area contributed by atoms with Crippen LogP contribution in [0, 0.1) is 6.92 Å². The Hall–Kier alpha value is -2.82. The largest absolute Gasteiger partial charge is 0.462 e. The van der Waals surface area contributed by atoms with Gasteiger partial charge >= 0.3 is 5.97 Å². The smallest absolute Gasteiger partial charge is 0.338 e. The highest BCUT2D eigenvalue weighted by atomic mass is 35.5. The lowest BCUT2D eigenvalue weighted by Gasteiger charge is -2.25. The maximum atomic E-state index is 13.5. The van der Waals surface area contributed by atoms with Crippen molar-refractivity contribution in [3.8, 4) is 0 Å². The van der Waals surface area contributed by atoms with E-state index in [4.69, 9.17) is 27.9 Å². The SMILES string of the molecule is CCOC(=O)c1ccc(N(Cc2c(Cl)cccc2Cl)C(=O)c2ccccc2C)cc1. The summed E-state index contributed by atoms with van der Waals surface area (Å²) in [4.78, 5) is 27.0. The van der Waals surface area contributed by atoms with Gasteiger partial charge in [-0.15, -0.1) is 0 Å². The van der Waals surface area contributed by atoms with E-state index in [9.17, 15) is 9.59 Å². The molecule has 4 nitrogen and oxygen atoms in total. The molecule has 0 unspecified atom stereocenters. The van der Waals surface area contributed by atoms with Crippen LogP contribution in [0.5, 0.6) is 0 Å². The molecular formula is C24H21Cl2NO3. The van der Waals surface area contributed by atoms with Crippen LogP contribution >= 0.6 is 23.2 Å². The molecule has 0 heterocycles. The number of esters is 1. The van der Waals surface area contributed by atoms with Gasteiger partial charge in [-0.1, -0.05) is 47.5 Å². The van der Waals surface area contributed by atoms with Gasteiger partial charge in [0.25, 0.3) is 5.91 Å². The summed E-state index contributed by atoms with van der Waals surface area (Å²) >= 11 is 12.7. The van der Waals surface area contributed by atoms with Crippen molar-refractivity contribution < 1.29 is 14.3 Å². The number of halogens is 2. The van der Waals surface area contributed by atoms with E-state index in [1.807, 2.05) is 25.1 Å². The van der Waals surface area contributed by atoms with Crippen molar-refractivity contribution in [3.63, 3.8) is 0 Å². The number of hydrogen-bond acceptors (Lipinski definition) is 3. The molecule has 0 saturated heterocycles. The number of carbonyl (C=O) groups excluding carboxylic acids is 2. The zero-order valence-corrected chi connectivity index (χ0v) is 18.2. The molecule has 6 heteroatoms. The number of rotatable bonds is 6. The molecule has 0 spiro atoms. The summed E-state index contributed by atoms with van der Waals surface area (Å²) < 4.78 is 5.03. The molecule has 0 aromatic heterocycles. The number of hydrogen-bond donors (Lipinski definition) is 0. The Kier molecular flexibility index (Phi) is 7.14. The standard InChI is InChI=1S/C24H21Cl2NO3/c1-3-30-24(29)17-11-13-18(14-12-17)27(15-20-21(25)9-6-10-22(20)26)23(28)19-8-5-4-7-16(19)2/h4-14H,3,15H2,1-2H3. The van der Waals surface area contributed by atoms with Gasteiger partial charge in [0.2, 0.25) is 0 Å². The van der Waals surface area contributed by atoms with Crippen LogP contribution in [0.1, 0.15) is 38.8 Å². The van der Waals surface area contributed by atoms with E-state index in [1.165, 1.54) is 0 Å². The Morgan fingerprint density at radius 3 is 2.13 bits per heavy atom. The normalized spacial score (nSPS) is 10.5. The van der Waals surface area contributed by atoms with Gasteiger partial charge < -0.3 is 9.64 Å². The Morgan fingerprint density at radius 1 is 0.900 bits per heavy atom. The predicted molar refractivity (Wildman–Crippen MR) is 121 cm³/mol. The molecule has 0 saturated carbocycles. The first kappa shape index (κ1) is 21.9. The minimum Gasteiger partial charge on any atom is -0.462 e. The van der Waals surface area contributed by atoms with E-state index in [-0.39, 0.29) is 12.5 Å². The van der Waals surface area contributed by atoms with Gasteiger partial charge in [-0.25, -0.2) is 4.79 Å². The quantitative estimate of drug-likeness (QED) is 0.420. The highest BCUT2D eigenvalue weighted by Gasteiger charge is 2.22. The van der Waals surface area contributed by atoms with Crippen molar-refractivity contribution in [2.45, 2.75) is 20.4 Å². The topological polar surface area (TPSA) is 46.6 Å². The lowest BCUT2D eigenvalue weighted by Crippen LogP contribution is -2.31. The molecule has 0 radical (unpaired) electrons. The summed E-state index contributed by atoms with van der Waals surface area (Å²) in [5, 5.41) is 0.960. The zero-order chi connectivity index (χ0) is 21.7. The summed E-state index contributed by atoms with van der Waals surface area (Å²) in [6, 6.07) is 19.3. The molecule has 3 rings (SSSR count). The molecule has 1 amide bonds. The van der Waals surface area contributed by atoms with Crippen LogP contribution in [-0.2, 0) is 11.3 Å². The van der Waals surface area contributed by atoms with Crippen molar-refractivity contribution in [1.29, 1.82) is 0 Å². The summed E-state index contributed by atoms with van der Waals surface area (Å²) in [6.45, 7) is 4.12. The van der Waals surface area contributed by atoms with Crippen LogP contribution in [0.3, 0.4) is 0 Å². The molecule has 30 heavy (non-hydrogen) atoms. The van der Waals surface area contributed by atoms with Crippen LogP contribution in [0.25, 0.3) is 0 Å². The Labute approximate surface area is 186 Å². The fraction of sp³-hybridized carbons (Fsp3) is 0.167. The minimum atomic E-state index is -0.407. The Morgan fingerprint density at radius 2 is 1.53 bits per heavy atom. The predicted octanol–water partition coefficient (Wildman–Crippen LogP) is 6.33. The zero-order valence-electron chi connectivity index (χ0n) is 16.7. The first-order chi connectivity index (χ1) is 14.4. The summed E-state index contributed by atoms with van der Waals surface area (Å²) in [6.07, 6.45) is 0. The Balaban J connectivity index is 2.02. The number of nitrogens with zero attached hydrogens (tertiary/aromatic N) is 1. The number of anilines is 1. The van der Waals surface area contributed by atoms with E-state index in [1.54, 1.807) is 60.4 Å². The first-order valence-corrected chi connectivity index (χ1v) is 10.3. The van der Waals surface area contributed by atoms with Crippen molar-refractivity contribution in [2.24, 2.45) is 0 Å². The molecular weight excluding hydrogens is 421 g/mol. The van der Waals surface area contributed by atoms with Gasteiger partial charge in [-0.05, 0) is 61.9 Å². The molecule has 0 bridgehead atoms. The lowest BCUT2D eigenvalue weighted by atomic mass is 10.1. The average molecular weight is 442 g/mol. The molecule has 0 N–H and O–H groups in total. The molecule has 3 aromatic carbocycles. The van der Waals surface area contributed by atoms with E-state index in [2.05, 4.69) is 0 Å². The van der Waals surface area contributed by atoms with E-state index in [0.29, 0.717) is 39.0 Å². The third-order valence-corrected chi connectivity index (χ3v) is 5.40. The number of aryl methyl sites for hydroxylation is 1. The van der Waals surface area contributed by atoms with Gasteiger partial charge in [-0.2, -0.15) is 0 Å².